The topological polar surface area (TPSA) is 88.5 Å². The van der Waals surface area contributed by atoms with E-state index >= 15 is 0 Å². The molecule has 0 bridgehead atoms. The number of rotatable bonds is 4. The number of hydrogen-bond donors (Lipinski definition) is 2. The Balaban J connectivity index is 1.99. The third-order valence-electron chi connectivity index (χ3n) is 5.53. The Hall–Kier alpha value is -2.19. The van der Waals surface area contributed by atoms with Crippen LogP contribution < -0.4 is 10.6 Å². The van der Waals surface area contributed by atoms with Crippen LogP contribution in [0.2, 0.25) is 0 Å². The van der Waals surface area contributed by atoms with E-state index in [-0.39, 0.29) is 11.8 Å². The number of hydrogen-bond acceptors (Lipinski definition) is 5. The van der Waals surface area contributed by atoms with Gasteiger partial charge in [-0.15, -0.1) is 0 Å². The molecule has 1 unspecified atom stereocenters. The van der Waals surface area contributed by atoms with Crippen LogP contribution in [0, 0.1) is 5.41 Å². The molecule has 1 aromatic heterocycles. The highest BCUT2D eigenvalue weighted by Crippen LogP contribution is 2.27. The third-order valence-corrected chi connectivity index (χ3v) is 5.53. The van der Waals surface area contributed by atoms with Crippen LogP contribution in [-0.4, -0.2) is 66.2 Å². The monoisotopic (exact) mass is 403 g/mol. The summed E-state index contributed by atoms with van der Waals surface area (Å²) in [5.41, 5.74) is 2.03. The summed E-state index contributed by atoms with van der Waals surface area (Å²) in [6, 6.07) is -0.647. The van der Waals surface area contributed by atoms with Gasteiger partial charge in [-0.2, -0.15) is 0 Å². The molecular weight excluding hydrogens is 370 g/mol. The average Bonchev–Trinajstić information content (AvgIpc) is 2.92. The molecule has 1 atom stereocenters. The summed E-state index contributed by atoms with van der Waals surface area (Å²) in [7, 11) is 3.64. The van der Waals surface area contributed by atoms with Crippen LogP contribution in [0.5, 0.6) is 0 Å². The standard InChI is InChI=1S/C21H33N5O3/c1-21(2,3)17(20(28)22-4)24-19(27)16-15-13-25(5)9-6-10-26(15)18(23-16)14-7-11-29-12-8-14/h7,17H,6,8-13H2,1-5H3,(H,22,28)(H,24,27). The Morgan fingerprint density at radius 3 is 2.66 bits per heavy atom. The van der Waals surface area contributed by atoms with Crippen molar-refractivity contribution < 1.29 is 14.3 Å². The molecule has 8 heteroatoms. The number of nitrogens with zero attached hydrogens (tertiary/aromatic N) is 3. The van der Waals surface area contributed by atoms with E-state index in [1.165, 1.54) is 0 Å². The van der Waals surface area contributed by atoms with E-state index in [2.05, 4.69) is 33.2 Å². The minimum absolute atomic E-state index is 0.208. The molecule has 0 saturated heterocycles. The Morgan fingerprint density at radius 2 is 2.03 bits per heavy atom. The molecule has 0 aromatic carbocycles. The number of fused-ring (bicyclic) bond motifs is 1. The number of ether oxygens (including phenoxy) is 1. The highest BCUT2D eigenvalue weighted by atomic mass is 16.5. The van der Waals surface area contributed by atoms with E-state index in [4.69, 9.17) is 9.72 Å². The van der Waals surface area contributed by atoms with Gasteiger partial charge >= 0.3 is 0 Å². The van der Waals surface area contributed by atoms with E-state index in [1.807, 2.05) is 20.8 Å². The molecular formula is C21H33N5O3. The molecule has 1 aromatic rings. The molecule has 0 radical (unpaired) electrons. The molecule has 2 N–H and O–H groups in total. The summed E-state index contributed by atoms with van der Waals surface area (Å²) in [5, 5.41) is 5.59. The molecule has 3 rings (SSSR count). The highest BCUT2D eigenvalue weighted by Gasteiger charge is 2.34. The summed E-state index contributed by atoms with van der Waals surface area (Å²) in [6.45, 7) is 9.49. The first-order valence-corrected chi connectivity index (χ1v) is 10.3. The van der Waals surface area contributed by atoms with Crippen LogP contribution in [0.1, 0.15) is 55.6 Å². The van der Waals surface area contributed by atoms with Gasteiger partial charge in [0.1, 0.15) is 11.9 Å². The van der Waals surface area contributed by atoms with Crippen LogP contribution in [0.15, 0.2) is 6.08 Å². The maximum Gasteiger partial charge on any atom is 0.272 e. The van der Waals surface area contributed by atoms with Gasteiger partial charge < -0.3 is 24.8 Å². The lowest BCUT2D eigenvalue weighted by Gasteiger charge is -2.29. The molecule has 0 spiro atoms. The molecule has 29 heavy (non-hydrogen) atoms. The van der Waals surface area contributed by atoms with Crippen LogP contribution in [0.25, 0.3) is 5.57 Å². The normalized spacial score (nSPS) is 19.0. The second kappa shape index (κ2) is 8.67. The van der Waals surface area contributed by atoms with E-state index in [1.54, 1.807) is 7.05 Å². The number of imidazole rings is 1. The zero-order valence-electron chi connectivity index (χ0n) is 18.2. The fourth-order valence-electron chi connectivity index (χ4n) is 3.90. The van der Waals surface area contributed by atoms with Crippen molar-refractivity contribution in [3.63, 3.8) is 0 Å². The maximum atomic E-state index is 13.3. The van der Waals surface area contributed by atoms with Gasteiger partial charge in [-0.05, 0) is 37.4 Å². The molecule has 2 aliphatic heterocycles. The van der Waals surface area contributed by atoms with Gasteiger partial charge in [-0.25, -0.2) is 4.98 Å². The second-order valence-electron chi connectivity index (χ2n) is 8.91. The summed E-state index contributed by atoms with van der Waals surface area (Å²) < 4.78 is 7.63. The van der Waals surface area contributed by atoms with Crippen molar-refractivity contribution in [2.24, 2.45) is 5.41 Å². The highest BCUT2D eigenvalue weighted by molar-refractivity contribution is 5.97. The minimum Gasteiger partial charge on any atom is -0.377 e. The van der Waals surface area contributed by atoms with E-state index in [0.29, 0.717) is 25.5 Å². The lowest BCUT2D eigenvalue weighted by molar-refractivity contribution is -0.124. The van der Waals surface area contributed by atoms with Crippen LogP contribution in [0.4, 0.5) is 0 Å². The van der Waals surface area contributed by atoms with Crippen LogP contribution >= 0.6 is 0 Å². The summed E-state index contributed by atoms with van der Waals surface area (Å²) in [4.78, 5) is 32.7. The van der Waals surface area contributed by atoms with Gasteiger partial charge in [-0.3, -0.25) is 9.59 Å². The molecule has 2 aliphatic rings. The molecule has 0 fully saturated rings. The van der Waals surface area contributed by atoms with Crippen molar-refractivity contribution >= 4 is 17.4 Å². The quantitative estimate of drug-likeness (QED) is 0.794. The van der Waals surface area contributed by atoms with Gasteiger partial charge in [0.05, 0.1) is 18.9 Å². The Labute approximate surface area is 172 Å². The first-order chi connectivity index (χ1) is 13.7. The number of likely N-dealkylation sites (N-methyl/N-ethyl adjacent to an activating group) is 1. The molecule has 160 valence electrons. The van der Waals surface area contributed by atoms with Crippen molar-refractivity contribution in [2.75, 3.05) is 33.9 Å². The van der Waals surface area contributed by atoms with Gasteiger partial charge in [0, 0.05) is 20.1 Å². The first kappa shape index (κ1) is 21.5. The average molecular weight is 404 g/mol. The molecule has 2 amide bonds. The van der Waals surface area contributed by atoms with Crippen LogP contribution in [-0.2, 0) is 22.6 Å². The van der Waals surface area contributed by atoms with Gasteiger partial charge in [0.2, 0.25) is 5.91 Å². The number of carbonyl (C=O) groups is 2. The van der Waals surface area contributed by atoms with Gasteiger partial charge in [0.25, 0.3) is 5.91 Å². The molecule has 0 saturated carbocycles. The number of amides is 2. The lowest BCUT2D eigenvalue weighted by Crippen LogP contribution is -2.53. The lowest BCUT2D eigenvalue weighted by atomic mass is 9.86. The first-order valence-electron chi connectivity index (χ1n) is 10.3. The fraction of sp³-hybridized carbons (Fsp3) is 0.667. The van der Waals surface area contributed by atoms with E-state index in [9.17, 15) is 9.59 Å². The predicted molar refractivity (Wildman–Crippen MR) is 111 cm³/mol. The smallest absolute Gasteiger partial charge is 0.272 e. The summed E-state index contributed by atoms with van der Waals surface area (Å²) in [6.07, 6.45) is 3.84. The van der Waals surface area contributed by atoms with E-state index < -0.39 is 11.5 Å². The van der Waals surface area contributed by atoms with Crippen molar-refractivity contribution in [3.05, 3.63) is 23.3 Å². The van der Waals surface area contributed by atoms with Crippen molar-refractivity contribution in [1.29, 1.82) is 0 Å². The maximum absolute atomic E-state index is 13.3. The number of carbonyl (C=O) groups excluding carboxylic acids is 2. The Morgan fingerprint density at radius 1 is 1.28 bits per heavy atom. The fourth-order valence-corrected chi connectivity index (χ4v) is 3.90. The van der Waals surface area contributed by atoms with Crippen molar-refractivity contribution in [3.8, 4) is 0 Å². The second-order valence-corrected chi connectivity index (χ2v) is 8.91. The molecule has 8 nitrogen and oxygen atoms in total. The number of aromatic nitrogens is 2. The van der Waals surface area contributed by atoms with Crippen LogP contribution in [0.3, 0.4) is 0 Å². The predicted octanol–water partition coefficient (Wildman–Crippen LogP) is 1.41. The largest absolute Gasteiger partial charge is 0.377 e. The SMILES string of the molecule is CNC(=O)C(NC(=O)c1nc(C2=CCOCC2)n2c1CN(C)CCC2)C(C)(C)C. The number of nitrogens with one attached hydrogen (secondary N) is 2. The van der Waals surface area contributed by atoms with Gasteiger partial charge in [0.15, 0.2) is 5.69 Å². The van der Waals surface area contributed by atoms with Crippen molar-refractivity contribution in [2.45, 2.75) is 52.7 Å². The zero-order valence-corrected chi connectivity index (χ0v) is 18.2. The van der Waals surface area contributed by atoms with Gasteiger partial charge in [-0.1, -0.05) is 26.8 Å². The summed E-state index contributed by atoms with van der Waals surface area (Å²) in [5.74, 6) is 0.350. The minimum atomic E-state index is -0.647. The summed E-state index contributed by atoms with van der Waals surface area (Å²) >= 11 is 0. The third kappa shape index (κ3) is 4.70. The molecule has 0 aliphatic carbocycles. The van der Waals surface area contributed by atoms with E-state index in [0.717, 1.165) is 43.0 Å². The van der Waals surface area contributed by atoms with Crippen molar-refractivity contribution in [1.82, 2.24) is 25.1 Å². The Bertz CT molecular complexity index is 806. The Kier molecular flexibility index (Phi) is 6.43. The zero-order chi connectivity index (χ0) is 21.2. The molecule has 3 heterocycles.